The molecule has 0 aliphatic heterocycles. The van der Waals surface area contributed by atoms with Crippen LogP contribution in [0.25, 0.3) is 0 Å². The first-order chi connectivity index (χ1) is 16.2. The zero-order valence-electron chi connectivity index (χ0n) is 21.5. The van der Waals surface area contributed by atoms with Crippen molar-refractivity contribution in [3.63, 3.8) is 0 Å². The molecule has 0 saturated carbocycles. The van der Waals surface area contributed by atoms with E-state index in [-0.39, 0.29) is 16.6 Å². The predicted octanol–water partition coefficient (Wildman–Crippen LogP) is 6.07. The average Bonchev–Trinajstić information content (AvgIpc) is 2.78. The molecule has 0 aliphatic carbocycles. The predicted molar refractivity (Wildman–Crippen MR) is 140 cm³/mol. The third-order valence-electron chi connectivity index (χ3n) is 5.83. The van der Waals surface area contributed by atoms with Crippen molar-refractivity contribution in [2.75, 3.05) is 17.7 Å². The summed E-state index contributed by atoms with van der Waals surface area (Å²) in [4.78, 5) is 28.8. The molecule has 0 aromatic heterocycles. The summed E-state index contributed by atoms with van der Waals surface area (Å²) >= 11 is 0. The minimum absolute atomic E-state index is 0.0376. The molecule has 184 valence electrons. The van der Waals surface area contributed by atoms with Crippen LogP contribution in [0.15, 0.2) is 60.7 Å². The van der Waals surface area contributed by atoms with E-state index in [0.717, 1.165) is 21.8 Å². The number of anilines is 2. The number of aromatic hydroxyl groups is 1. The quantitative estimate of drug-likeness (QED) is 0.354. The summed E-state index contributed by atoms with van der Waals surface area (Å²) in [5, 5.41) is 9.77. The minimum atomic E-state index is -0.494. The molecular formula is C29H34N2O4. The Morgan fingerprint density at radius 1 is 0.771 bits per heavy atom. The normalized spacial score (nSPS) is 11.7. The fraction of sp³-hybridized carbons (Fsp3) is 0.310. The Kier molecular flexibility index (Phi) is 6.97. The number of imide groups is 1. The number of hydrogen-bond donors (Lipinski definition) is 2. The lowest BCUT2D eigenvalue weighted by atomic mass is 9.78. The number of carbonyl (C=O) groups is 2. The molecule has 3 aromatic carbocycles. The molecule has 0 atom stereocenters. The molecule has 2 amide bonds. The Hall–Kier alpha value is -3.80. The number of rotatable bonds is 4. The third kappa shape index (κ3) is 5.48. The summed E-state index contributed by atoms with van der Waals surface area (Å²) in [5.41, 5.74) is 8.48. The zero-order valence-corrected chi connectivity index (χ0v) is 21.5. The van der Waals surface area contributed by atoms with Gasteiger partial charge in [-0.15, -0.1) is 0 Å². The highest BCUT2D eigenvalue weighted by Crippen LogP contribution is 2.41. The molecular weight excluding hydrogens is 440 g/mol. The van der Waals surface area contributed by atoms with Gasteiger partial charge in [0.1, 0.15) is 11.5 Å². The average molecular weight is 475 g/mol. The Bertz CT molecular complexity index is 1200. The third-order valence-corrected chi connectivity index (χ3v) is 5.83. The monoisotopic (exact) mass is 474 g/mol. The lowest BCUT2D eigenvalue weighted by Crippen LogP contribution is -2.37. The van der Waals surface area contributed by atoms with Gasteiger partial charge in [0.25, 0.3) is 11.8 Å². The maximum atomic E-state index is 14.0. The number of phenolic OH excluding ortho intramolecular Hbond substituents is 1. The smallest absolute Gasteiger partial charge is 0.265 e. The van der Waals surface area contributed by atoms with Gasteiger partial charge in [0.2, 0.25) is 0 Å². The first-order valence-electron chi connectivity index (χ1n) is 11.5. The van der Waals surface area contributed by atoms with Crippen LogP contribution in [0.3, 0.4) is 0 Å². The molecule has 3 aromatic rings. The summed E-state index contributed by atoms with van der Waals surface area (Å²) in [5.74, 6) is -0.194. The first kappa shape index (κ1) is 25.8. The largest absolute Gasteiger partial charge is 0.508 e. The van der Waals surface area contributed by atoms with Crippen molar-refractivity contribution in [2.24, 2.45) is 0 Å². The number of methoxy groups -OCH3 is 1. The molecule has 6 heteroatoms. The van der Waals surface area contributed by atoms with Gasteiger partial charge in [-0.1, -0.05) is 41.5 Å². The Morgan fingerprint density at radius 3 is 1.66 bits per heavy atom. The Morgan fingerprint density at radius 2 is 1.23 bits per heavy atom. The van der Waals surface area contributed by atoms with Crippen LogP contribution in [0, 0.1) is 0 Å². The van der Waals surface area contributed by atoms with E-state index in [0.29, 0.717) is 22.5 Å². The van der Waals surface area contributed by atoms with Crippen LogP contribution in [0.1, 0.15) is 73.4 Å². The number of nitrogen functional groups attached to an aromatic ring is 1. The molecule has 0 saturated heterocycles. The topological polar surface area (TPSA) is 92.9 Å². The summed E-state index contributed by atoms with van der Waals surface area (Å²) in [6.45, 7) is 12.4. The van der Waals surface area contributed by atoms with Crippen molar-refractivity contribution < 1.29 is 19.4 Å². The highest BCUT2D eigenvalue weighted by atomic mass is 16.5. The van der Waals surface area contributed by atoms with E-state index in [1.807, 2.05) is 0 Å². The van der Waals surface area contributed by atoms with Gasteiger partial charge in [0.15, 0.2) is 0 Å². The minimum Gasteiger partial charge on any atom is -0.508 e. The number of hydrogen-bond acceptors (Lipinski definition) is 5. The van der Waals surface area contributed by atoms with Gasteiger partial charge in [0, 0.05) is 27.9 Å². The lowest BCUT2D eigenvalue weighted by Gasteiger charge is -2.30. The van der Waals surface area contributed by atoms with E-state index >= 15 is 0 Å². The number of ether oxygens (including phenoxy) is 1. The van der Waals surface area contributed by atoms with Crippen LogP contribution < -0.4 is 15.4 Å². The molecule has 0 unspecified atom stereocenters. The second-order valence-electron chi connectivity index (χ2n) is 10.7. The molecule has 0 spiro atoms. The Labute approximate surface area is 207 Å². The van der Waals surface area contributed by atoms with Crippen LogP contribution >= 0.6 is 0 Å². The number of nitrogens with two attached hydrogens (primary N) is 1. The van der Waals surface area contributed by atoms with Gasteiger partial charge in [-0.25, -0.2) is 4.90 Å². The van der Waals surface area contributed by atoms with Crippen molar-refractivity contribution in [1.29, 1.82) is 0 Å². The van der Waals surface area contributed by atoms with Gasteiger partial charge in [-0.3, -0.25) is 9.59 Å². The number of nitrogens with zero attached hydrogens (tertiary/aromatic N) is 1. The molecule has 3 N–H and O–H groups in total. The lowest BCUT2D eigenvalue weighted by molar-refractivity contribution is 0.0897. The molecule has 6 nitrogen and oxygen atoms in total. The van der Waals surface area contributed by atoms with Crippen molar-refractivity contribution in [1.82, 2.24) is 0 Å². The van der Waals surface area contributed by atoms with Gasteiger partial charge < -0.3 is 15.6 Å². The molecule has 0 bridgehead atoms. The highest BCUT2D eigenvalue weighted by molar-refractivity contribution is 6.25. The summed E-state index contributed by atoms with van der Waals surface area (Å²) in [6, 6.07) is 16.0. The van der Waals surface area contributed by atoms with Crippen molar-refractivity contribution >= 4 is 23.2 Å². The Balaban J connectivity index is 2.25. The standard InChI is InChI=1S/C29H34N2O4/c1-28(2,3)23-16-19(17-24(25(23)35-7)29(4,5)6)27(34)31(21-12-14-22(32)15-13-21)26(33)18-8-10-20(30)11-9-18/h8-17,32H,30H2,1-7H3. The second kappa shape index (κ2) is 9.45. The fourth-order valence-corrected chi connectivity index (χ4v) is 3.90. The maximum absolute atomic E-state index is 14.0. The van der Waals surface area contributed by atoms with Crippen LogP contribution in [0.5, 0.6) is 11.5 Å². The second-order valence-corrected chi connectivity index (χ2v) is 10.7. The van der Waals surface area contributed by atoms with Crippen molar-refractivity contribution in [3.05, 3.63) is 82.9 Å². The van der Waals surface area contributed by atoms with E-state index in [4.69, 9.17) is 10.5 Å². The highest BCUT2D eigenvalue weighted by Gasteiger charge is 2.32. The van der Waals surface area contributed by atoms with Crippen LogP contribution in [0.4, 0.5) is 11.4 Å². The SMILES string of the molecule is COc1c(C(C)(C)C)cc(C(=O)N(C(=O)c2ccc(N)cc2)c2ccc(O)cc2)cc1C(C)(C)C. The zero-order chi connectivity index (χ0) is 26.1. The molecule has 0 heterocycles. The maximum Gasteiger partial charge on any atom is 0.265 e. The summed E-state index contributed by atoms with van der Waals surface area (Å²) in [6.07, 6.45) is 0. The molecule has 0 radical (unpaired) electrons. The van der Waals surface area contributed by atoms with Gasteiger partial charge >= 0.3 is 0 Å². The van der Waals surface area contributed by atoms with Gasteiger partial charge in [-0.05, 0) is 71.5 Å². The van der Waals surface area contributed by atoms with Crippen LogP contribution in [-0.2, 0) is 10.8 Å². The number of phenols is 1. The van der Waals surface area contributed by atoms with E-state index < -0.39 is 11.8 Å². The molecule has 35 heavy (non-hydrogen) atoms. The number of amides is 2. The molecule has 0 aliphatic rings. The van der Waals surface area contributed by atoms with Crippen LogP contribution in [-0.4, -0.2) is 24.0 Å². The van der Waals surface area contributed by atoms with E-state index in [9.17, 15) is 14.7 Å². The summed E-state index contributed by atoms with van der Waals surface area (Å²) < 4.78 is 5.82. The fourth-order valence-electron chi connectivity index (χ4n) is 3.90. The number of carbonyl (C=O) groups excluding carboxylic acids is 2. The van der Waals surface area contributed by atoms with Gasteiger partial charge in [0.05, 0.1) is 12.8 Å². The first-order valence-corrected chi connectivity index (χ1v) is 11.5. The molecule has 3 rings (SSSR count). The van der Waals surface area contributed by atoms with Crippen molar-refractivity contribution in [2.45, 2.75) is 52.4 Å². The van der Waals surface area contributed by atoms with Crippen molar-refractivity contribution in [3.8, 4) is 11.5 Å². The van der Waals surface area contributed by atoms with E-state index in [1.54, 1.807) is 55.6 Å². The van der Waals surface area contributed by atoms with Crippen LogP contribution in [0.2, 0.25) is 0 Å². The number of benzene rings is 3. The molecule has 0 fully saturated rings. The van der Waals surface area contributed by atoms with E-state index in [1.165, 1.54) is 12.1 Å². The summed E-state index contributed by atoms with van der Waals surface area (Å²) in [7, 11) is 1.63. The van der Waals surface area contributed by atoms with Gasteiger partial charge in [-0.2, -0.15) is 0 Å². The van der Waals surface area contributed by atoms with E-state index in [2.05, 4.69) is 41.5 Å².